The summed E-state index contributed by atoms with van der Waals surface area (Å²) in [5.41, 5.74) is 4.59. The lowest BCUT2D eigenvalue weighted by Crippen LogP contribution is -2.36. The fraction of sp³-hybridized carbons (Fsp3) is 0.871. The van der Waals surface area contributed by atoms with Crippen LogP contribution in [0, 0.1) is 0 Å². The van der Waals surface area contributed by atoms with E-state index in [1.165, 1.54) is 109 Å². The maximum absolute atomic E-state index is 12.4. The van der Waals surface area contributed by atoms with Crippen molar-refractivity contribution in [1.82, 2.24) is 9.55 Å². The van der Waals surface area contributed by atoms with Gasteiger partial charge in [0.25, 0.3) is 0 Å². The number of nitrogens with two attached hydrogens (primary N) is 1. The number of aliphatic hydroxyl groups excluding tert-OH is 2. The highest BCUT2D eigenvalue weighted by Gasteiger charge is 2.46. The molecule has 15 nitrogen and oxygen atoms in total. The maximum Gasteiger partial charge on any atom is 0.481 e. The minimum atomic E-state index is -5.20. The van der Waals surface area contributed by atoms with Crippen molar-refractivity contribution in [3.63, 3.8) is 0 Å². The van der Waals surface area contributed by atoms with Gasteiger partial charge in [-0.2, -0.15) is 21.1 Å². The molecule has 286 valence electrons. The Hall–Kier alpha value is -0.870. The normalized spacial score (nSPS) is 22.6. The molecule has 7 atom stereocenters. The van der Waals surface area contributed by atoms with Gasteiger partial charge in [0, 0.05) is 19.1 Å². The Morgan fingerprint density at radius 3 is 1.96 bits per heavy atom. The van der Waals surface area contributed by atoms with Crippen molar-refractivity contribution in [3.05, 3.63) is 22.7 Å². The molecule has 1 fully saturated rings. The number of aromatic nitrogens is 2. The molecule has 2 rings (SSSR count). The first kappa shape index (κ1) is 44.3. The zero-order valence-corrected chi connectivity index (χ0v) is 31.6. The van der Waals surface area contributed by atoms with Crippen LogP contribution in [0.4, 0.5) is 5.82 Å². The van der Waals surface area contributed by atoms with Crippen molar-refractivity contribution >= 4 is 33.2 Å². The minimum Gasteiger partial charge on any atom is -0.387 e. The average molecular weight is 760 g/mol. The van der Waals surface area contributed by atoms with Gasteiger partial charge in [-0.15, -0.1) is 0 Å². The first-order valence-corrected chi connectivity index (χ1v) is 21.7. The number of phosphoric acid groups is 2. The van der Waals surface area contributed by atoms with Crippen molar-refractivity contribution < 1.29 is 52.0 Å². The molecule has 1 aliphatic rings. The number of unbranched alkanes of at least 4 members (excludes halogenated alkanes) is 15. The molecule has 49 heavy (non-hydrogen) atoms. The second-order valence-electron chi connectivity index (χ2n) is 12.4. The van der Waals surface area contributed by atoms with Gasteiger partial charge >= 0.3 is 21.3 Å². The lowest BCUT2D eigenvalue weighted by molar-refractivity contribution is -0.0542. The maximum atomic E-state index is 12.4. The zero-order valence-electron chi connectivity index (χ0n) is 29.0. The highest BCUT2D eigenvalue weighted by Crippen LogP contribution is 2.60. The monoisotopic (exact) mass is 759 g/mol. The fourth-order valence-corrected chi connectivity index (χ4v) is 8.57. The molecule has 1 aliphatic heterocycles. The molecule has 6 N–H and O–H groups in total. The van der Waals surface area contributed by atoms with E-state index in [0.717, 1.165) is 23.2 Å². The van der Waals surface area contributed by atoms with E-state index >= 15 is 0 Å². The van der Waals surface area contributed by atoms with Crippen LogP contribution < -0.4 is 11.4 Å². The number of ether oxygens (including phenoxy) is 2. The molecule has 0 saturated carbocycles. The minimum absolute atomic E-state index is 0.0654. The number of thioether (sulfide) groups is 1. The summed E-state index contributed by atoms with van der Waals surface area (Å²) in [6.45, 7) is 1.04. The van der Waals surface area contributed by atoms with Crippen molar-refractivity contribution in [1.29, 1.82) is 0 Å². The Morgan fingerprint density at radius 1 is 0.898 bits per heavy atom. The summed E-state index contributed by atoms with van der Waals surface area (Å²) in [5, 5.41) is 20.6. The molecule has 0 amide bonds. The summed E-state index contributed by atoms with van der Waals surface area (Å²) in [5.74, 6) is 1.32. The second-order valence-corrected chi connectivity index (χ2v) is 16.6. The predicted octanol–water partition coefficient (Wildman–Crippen LogP) is 5.71. The van der Waals surface area contributed by atoms with E-state index < -0.39 is 58.6 Å². The number of anilines is 1. The highest BCUT2D eigenvalue weighted by atomic mass is 32.2. The second kappa shape index (κ2) is 24.4. The van der Waals surface area contributed by atoms with Crippen molar-refractivity contribution in [2.75, 3.05) is 37.6 Å². The molecule has 1 aromatic heterocycles. The lowest BCUT2D eigenvalue weighted by Gasteiger charge is -2.20. The smallest absolute Gasteiger partial charge is 0.387 e. The third-order valence-corrected chi connectivity index (χ3v) is 12.1. The molecule has 0 radical (unpaired) electrons. The largest absolute Gasteiger partial charge is 0.481 e. The Morgan fingerprint density at radius 2 is 1.43 bits per heavy atom. The van der Waals surface area contributed by atoms with Crippen LogP contribution in [0.15, 0.2) is 17.1 Å². The van der Waals surface area contributed by atoms with Crippen LogP contribution in [0.2, 0.25) is 0 Å². The van der Waals surface area contributed by atoms with Crippen molar-refractivity contribution in [2.24, 2.45) is 0 Å². The zero-order chi connectivity index (χ0) is 36.1. The number of phosphoric ester groups is 2. The summed E-state index contributed by atoms with van der Waals surface area (Å²) in [6.07, 6.45) is 15.5. The Labute approximate surface area is 294 Å². The molecule has 18 heteroatoms. The van der Waals surface area contributed by atoms with Gasteiger partial charge in [-0.25, -0.2) is 13.9 Å². The molecule has 0 aliphatic carbocycles. The van der Waals surface area contributed by atoms with Crippen LogP contribution in [0.25, 0.3) is 0 Å². The summed E-state index contributed by atoms with van der Waals surface area (Å²) in [7, 11) is -8.84. The molecule has 0 bridgehead atoms. The van der Waals surface area contributed by atoms with Gasteiger partial charge in [0.2, 0.25) is 0 Å². The van der Waals surface area contributed by atoms with Crippen LogP contribution in [0.1, 0.15) is 116 Å². The van der Waals surface area contributed by atoms with Gasteiger partial charge in [0.15, 0.2) is 6.23 Å². The molecule has 2 heterocycles. The first-order valence-electron chi connectivity index (χ1n) is 17.5. The number of hydrogen-bond acceptors (Lipinski definition) is 13. The summed E-state index contributed by atoms with van der Waals surface area (Å²) >= 11 is 1.62. The van der Waals surface area contributed by atoms with E-state index in [1.54, 1.807) is 11.8 Å². The quantitative estimate of drug-likeness (QED) is 0.0488. The number of aliphatic hydroxyl groups is 2. The van der Waals surface area contributed by atoms with E-state index in [2.05, 4.69) is 16.2 Å². The first-order chi connectivity index (χ1) is 23.4. The third-order valence-electron chi connectivity index (χ3n) is 8.27. The molecule has 3 unspecified atom stereocenters. The van der Waals surface area contributed by atoms with Gasteiger partial charge in [-0.05, 0) is 18.2 Å². The SMILES string of the molecule is CCCCCCCCCCCCCCCCCCSCC(COP(=O)(O)OP(=O)(O)OC[C@H]1O[C@@H](n2ccc(N)nc2=O)[C@@H](O)[C@@H]1O)OC. The molecule has 0 aromatic carbocycles. The van der Waals surface area contributed by atoms with Gasteiger partial charge < -0.3 is 35.2 Å². The summed E-state index contributed by atoms with van der Waals surface area (Å²) < 4.78 is 50.3. The van der Waals surface area contributed by atoms with Crippen LogP contribution in [-0.2, 0) is 32.0 Å². The molecular formula is C31H59N3O12P2S. The number of methoxy groups -OCH3 is 1. The standard InChI is InChI=1S/C31H59N3O12P2S/c1-3-4-5-6-7-8-9-10-11-12-13-14-15-16-17-18-21-49-24-25(42-2)22-43-47(38,39)46-48(40,41)44-23-26-28(35)29(36)30(45-26)34-20-19-27(32)33-31(34)37/h19-20,25-26,28-30,35-36H,3-18,21-24H2,1-2H3,(H,38,39)(H,40,41)(H2,32,33,37)/t25?,26-,28-,29+,30-/m1/s1. The Kier molecular flexibility index (Phi) is 22.0. The van der Waals surface area contributed by atoms with Crippen LogP contribution in [-0.4, -0.2) is 85.8 Å². The van der Waals surface area contributed by atoms with E-state index in [4.69, 9.17) is 24.3 Å². The molecular weight excluding hydrogens is 700 g/mol. The topological polar surface area (TPSA) is 222 Å². The van der Waals surface area contributed by atoms with E-state index in [1.807, 2.05) is 0 Å². The van der Waals surface area contributed by atoms with Gasteiger partial charge in [0.05, 0.1) is 19.3 Å². The van der Waals surface area contributed by atoms with Crippen LogP contribution in [0.3, 0.4) is 0 Å². The van der Waals surface area contributed by atoms with Gasteiger partial charge in [-0.1, -0.05) is 103 Å². The molecule has 1 saturated heterocycles. The highest BCUT2D eigenvalue weighted by molar-refractivity contribution is 7.99. The molecule has 1 aromatic rings. The molecule has 0 spiro atoms. The van der Waals surface area contributed by atoms with Crippen LogP contribution >= 0.6 is 27.4 Å². The van der Waals surface area contributed by atoms with E-state index in [0.29, 0.717) is 5.75 Å². The number of nitrogens with zero attached hydrogens (tertiary/aromatic N) is 2. The van der Waals surface area contributed by atoms with Gasteiger partial charge in [-0.3, -0.25) is 13.6 Å². The number of rotatable bonds is 29. The fourth-order valence-electron chi connectivity index (χ4n) is 5.39. The number of nitrogen functional groups attached to an aromatic ring is 1. The predicted molar refractivity (Wildman–Crippen MR) is 189 cm³/mol. The van der Waals surface area contributed by atoms with E-state index in [9.17, 15) is 33.9 Å². The summed E-state index contributed by atoms with van der Waals surface area (Å²) in [6, 6.07) is 1.27. The number of hydrogen-bond donors (Lipinski definition) is 5. The summed E-state index contributed by atoms with van der Waals surface area (Å²) in [4.78, 5) is 35.6. The van der Waals surface area contributed by atoms with E-state index in [-0.39, 0.29) is 12.4 Å². The Balaban J connectivity index is 1.54. The van der Waals surface area contributed by atoms with Crippen molar-refractivity contribution in [3.8, 4) is 0 Å². The lowest BCUT2D eigenvalue weighted by atomic mass is 10.0. The van der Waals surface area contributed by atoms with Crippen molar-refractivity contribution in [2.45, 2.75) is 140 Å². The average Bonchev–Trinajstić information content (AvgIpc) is 3.32. The van der Waals surface area contributed by atoms with Crippen LogP contribution in [0.5, 0.6) is 0 Å². The third kappa shape index (κ3) is 18.4. The van der Waals surface area contributed by atoms with Gasteiger partial charge in [0.1, 0.15) is 24.1 Å². The Bertz CT molecular complexity index is 1200.